The first kappa shape index (κ1) is 24.6. The molecule has 0 spiro atoms. The third kappa shape index (κ3) is 6.54. The second kappa shape index (κ2) is 12.3. The Bertz CT molecular complexity index is 1120. The van der Waals surface area contributed by atoms with E-state index in [1.165, 1.54) is 0 Å². The second-order valence-electron chi connectivity index (χ2n) is 8.44. The highest BCUT2D eigenvalue weighted by Crippen LogP contribution is 2.32. The average Bonchev–Trinajstić information content (AvgIpc) is 2.91. The van der Waals surface area contributed by atoms with Gasteiger partial charge in [-0.1, -0.05) is 13.3 Å². The minimum absolute atomic E-state index is 0.0586. The zero-order valence-electron chi connectivity index (χ0n) is 20.4. The molecule has 10 heteroatoms. The second-order valence-corrected chi connectivity index (χ2v) is 8.44. The van der Waals surface area contributed by atoms with Gasteiger partial charge in [0.1, 0.15) is 17.8 Å². The molecule has 3 heterocycles. The molecule has 0 saturated carbocycles. The van der Waals surface area contributed by atoms with Crippen molar-refractivity contribution in [1.29, 1.82) is 0 Å². The van der Waals surface area contributed by atoms with E-state index in [1.54, 1.807) is 25.6 Å². The largest absolute Gasteiger partial charge is 0.490 e. The van der Waals surface area contributed by atoms with Crippen LogP contribution in [0.15, 0.2) is 36.9 Å². The third-order valence-corrected chi connectivity index (χ3v) is 5.95. The van der Waals surface area contributed by atoms with Gasteiger partial charge in [-0.05, 0) is 31.4 Å². The first-order valence-corrected chi connectivity index (χ1v) is 12.2. The molecule has 4 rings (SSSR count). The van der Waals surface area contributed by atoms with Crippen LogP contribution in [0.1, 0.15) is 43.1 Å². The molecular formula is C25H33N7O3. The molecule has 1 amide bonds. The zero-order valence-corrected chi connectivity index (χ0v) is 20.4. The van der Waals surface area contributed by atoms with Crippen LogP contribution in [0, 0.1) is 0 Å². The lowest BCUT2D eigenvalue weighted by Gasteiger charge is -2.30. The number of morpholine rings is 1. The number of nitrogens with zero attached hydrogens (tertiary/aromatic N) is 5. The first-order chi connectivity index (χ1) is 17.2. The van der Waals surface area contributed by atoms with Crippen molar-refractivity contribution in [3.05, 3.63) is 42.6 Å². The Kier molecular flexibility index (Phi) is 8.61. The summed E-state index contributed by atoms with van der Waals surface area (Å²) in [7, 11) is 1.58. The summed E-state index contributed by atoms with van der Waals surface area (Å²) < 4.78 is 12.1. The number of anilines is 2. The Hall–Kier alpha value is -3.53. The quantitative estimate of drug-likeness (QED) is 0.400. The Morgan fingerprint density at radius 2 is 2.09 bits per heavy atom. The fraction of sp³-hybridized carbons (Fsp3) is 0.480. The summed E-state index contributed by atoms with van der Waals surface area (Å²) in [6, 6.07) is 5.80. The minimum atomic E-state index is -0.234. The number of fused-ring (bicyclic) bond motifs is 1. The number of ether oxygens (including phenoxy) is 2. The van der Waals surface area contributed by atoms with Crippen LogP contribution in [0.4, 0.5) is 11.6 Å². The van der Waals surface area contributed by atoms with Gasteiger partial charge in [-0.25, -0.2) is 19.9 Å². The molecule has 1 saturated heterocycles. The number of carbonyl (C=O) groups is 1. The summed E-state index contributed by atoms with van der Waals surface area (Å²) in [5.41, 5.74) is 2.31. The molecule has 186 valence electrons. The van der Waals surface area contributed by atoms with E-state index >= 15 is 0 Å². The van der Waals surface area contributed by atoms with Gasteiger partial charge in [0.15, 0.2) is 0 Å². The van der Waals surface area contributed by atoms with Crippen molar-refractivity contribution >= 4 is 28.4 Å². The molecular weight excluding hydrogens is 446 g/mol. The van der Waals surface area contributed by atoms with Crippen LogP contribution in [-0.2, 0) is 4.74 Å². The van der Waals surface area contributed by atoms with Crippen molar-refractivity contribution in [2.24, 2.45) is 0 Å². The summed E-state index contributed by atoms with van der Waals surface area (Å²) >= 11 is 0. The van der Waals surface area contributed by atoms with Gasteiger partial charge in [0, 0.05) is 50.8 Å². The highest BCUT2D eigenvalue weighted by atomic mass is 16.5. The fourth-order valence-corrected chi connectivity index (χ4v) is 4.13. The average molecular weight is 480 g/mol. The summed E-state index contributed by atoms with van der Waals surface area (Å²) in [6.45, 7) is 5.99. The van der Waals surface area contributed by atoms with Gasteiger partial charge in [-0.15, -0.1) is 0 Å². The molecule has 0 radical (unpaired) electrons. The predicted molar refractivity (Wildman–Crippen MR) is 135 cm³/mol. The molecule has 10 nitrogen and oxygen atoms in total. The number of rotatable bonds is 11. The maximum Gasteiger partial charge on any atom is 0.269 e. The number of benzene rings is 1. The van der Waals surface area contributed by atoms with Gasteiger partial charge < -0.3 is 25.0 Å². The maximum absolute atomic E-state index is 11.8. The van der Waals surface area contributed by atoms with Crippen LogP contribution in [0.25, 0.3) is 10.9 Å². The number of amides is 1. The Balaban J connectivity index is 1.41. The van der Waals surface area contributed by atoms with Gasteiger partial charge in [0.05, 0.1) is 30.2 Å². The van der Waals surface area contributed by atoms with Crippen LogP contribution in [0.3, 0.4) is 0 Å². The molecule has 1 atom stereocenters. The molecule has 2 aromatic heterocycles. The van der Waals surface area contributed by atoms with E-state index in [0.717, 1.165) is 74.3 Å². The monoisotopic (exact) mass is 479 g/mol. The van der Waals surface area contributed by atoms with Crippen LogP contribution < -0.4 is 20.3 Å². The topological polar surface area (TPSA) is 114 Å². The maximum atomic E-state index is 11.8. The lowest BCUT2D eigenvalue weighted by molar-refractivity contribution is 0.0958. The summed E-state index contributed by atoms with van der Waals surface area (Å²) in [6.07, 6.45) is 8.74. The van der Waals surface area contributed by atoms with Gasteiger partial charge in [0.2, 0.25) is 5.95 Å². The SMILES string of the molecule is CCC[C@H](CCCNc1nccc(C(=O)NC)n1)Oc1cc(N2CCOCC2)cc2ncncc12. The fourth-order valence-electron chi connectivity index (χ4n) is 4.13. The van der Waals surface area contributed by atoms with Crippen LogP contribution in [0.2, 0.25) is 0 Å². The Morgan fingerprint density at radius 1 is 1.23 bits per heavy atom. The molecule has 2 N–H and O–H groups in total. The van der Waals surface area contributed by atoms with E-state index < -0.39 is 0 Å². The normalized spacial score (nSPS) is 14.5. The standard InChI is InChI=1S/C25H33N7O3/c1-3-5-19(6-4-8-28-25-29-9-7-21(31-25)24(33)26-2)35-23-15-18(32-10-12-34-13-11-32)14-22-20(23)16-27-17-30-22/h7,9,14-17,19H,3-6,8,10-13H2,1-2H3,(H,26,33)(H,28,29,31)/t19-/m1/s1. The van der Waals surface area contributed by atoms with Gasteiger partial charge in [-0.2, -0.15) is 0 Å². The molecule has 1 aromatic carbocycles. The lowest BCUT2D eigenvalue weighted by Crippen LogP contribution is -2.36. The first-order valence-electron chi connectivity index (χ1n) is 12.2. The third-order valence-electron chi connectivity index (χ3n) is 5.95. The summed E-state index contributed by atoms with van der Waals surface area (Å²) in [4.78, 5) is 31.3. The van der Waals surface area contributed by atoms with E-state index in [0.29, 0.717) is 18.2 Å². The summed E-state index contributed by atoms with van der Waals surface area (Å²) in [5, 5.41) is 6.70. The van der Waals surface area contributed by atoms with E-state index in [4.69, 9.17) is 9.47 Å². The molecule has 1 aliphatic heterocycles. The van der Waals surface area contributed by atoms with Crippen molar-refractivity contribution in [2.45, 2.75) is 38.7 Å². The zero-order chi connectivity index (χ0) is 24.5. The van der Waals surface area contributed by atoms with Crippen molar-refractivity contribution in [3.63, 3.8) is 0 Å². The number of nitrogens with one attached hydrogen (secondary N) is 2. The molecule has 1 fully saturated rings. The van der Waals surface area contributed by atoms with Crippen LogP contribution in [0.5, 0.6) is 5.75 Å². The molecule has 1 aliphatic rings. The van der Waals surface area contributed by atoms with Crippen LogP contribution in [-0.4, -0.2) is 71.8 Å². The predicted octanol–water partition coefficient (Wildman–Crippen LogP) is 3.06. The van der Waals surface area contributed by atoms with Gasteiger partial charge >= 0.3 is 0 Å². The van der Waals surface area contributed by atoms with Gasteiger partial charge in [0.25, 0.3) is 5.91 Å². The Morgan fingerprint density at radius 3 is 2.89 bits per heavy atom. The molecule has 0 unspecified atom stereocenters. The molecule has 0 bridgehead atoms. The molecule has 35 heavy (non-hydrogen) atoms. The van der Waals surface area contributed by atoms with E-state index in [1.807, 2.05) is 6.20 Å². The number of hydrogen-bond acceptors (Lipinski definition) is 9. The highest BCUT2D eigenvalue weighted by Gasteiger charge is 2.18. The minimum Gasteiger partial charge on any atom is -0.490 e. The molecule has 0 aliphatic carbocycles. The van der Waals surface area contributed by atoms with E-state index in [-0.39, 0.29) is 12.0 Å². The highest BCUT2D eigenvalue weighted by molar-refractivity contribution is 5.92. The smallest absolute Gasteiger partial charge is 0.269 e. The Labute approximate surface area is 205 Å². The van der Waals surface area contributed by atoms with Crippen molar-refractivity contribution in [2.75, 3.05) is 50.1 Å². The lowest BCUT2D eigenvalue weighted by atomic mass is 10.1. The van der Waals surface area contributed by atoms with Crippen LogP contribution >= 0.6 is 0 Å². The van der Waals surface area contributed by atoms with E-state index in [2.05, 4.69) is 54.5 Å². The van der Waals surface area contributed by atoms with Crippen molar-refractivity contribution in [3.8, 4) is 5.75 Å². The summed E-state index contributed by atoms with van der Waals surface area (Å²) in [5.74, 6) is 1.03. The molecule has 3 aromatic rings. The number of carbonyl (C=O) groups excluding carboxylic acids is 1. The number of hydrogen-bond donors (Lipinski definition) is 2. The van der Waals surface area contributed by atoms with E-state index in [9.17, 15) is 4.79 Å². The van der Waals surface area contributed by atoms with Crippen molar-refractivity contribution < 1.29 is 14.3 Å². The van der Waals surface area contributed by atoms with Crippen molar-refractivity contribution in [1.82, 2.24) is 25.3 Å². The van der Waals surface area contributed by atoms with Gasteiger partial charge in [-0.3, -0.25) is 4.79 Å². The number of aromatic nitrogens is 4.